The number of aliphatic hydroxyl groups excluding tert-OH is 1. The molecule has 0 fully saturated rings. The van der Waals surface area contributed by atoms with Crippen molar-refractivity contribution in [1.82, 2.24) is 14.8 Å². The molecule has 0 aliphatic carbocycles. The first-order chi connectivity index (χ1) is 9.22. The second-order valence-electron chi connectivity index (χ2n) is 4.23. The summed E-state index contributed by atoms with van der Waals surface area (Å²) in [6.45, 7) is 0.386. The quantitative estimate of drug-likeness (QED) is 0.783. The Bertz CT molecular complexity index is 515. The fourth-order valence-corrected chi connectivity index (χ4v) is 2.67. The van der Waals surface area contributed by atoms with Crippen LogP contribution in [0.2, 0.25) is 0 Å². The molecule has 0 bridgehead atoms. The molecule has 0 spiro atoms. The van der Waals surface area contributed by atoms with E-state index < -0.39 is 6.10 Å². The lowest BCUT2D eigenvalue weighted by Crippen LogP contribution is -2.05. The second kappa shape index (κ2) is 6.70. The Morgan fingerprint density at radius 3 is 2.68 bits per heavy atom. The molecule has 5 nitrogen and oxygen atoms in total. The lowest BCUT2D eigenvalue weighted by Gasteiger charge is -2.10. The standard InChI is InChI=1S/C13H18N4OS/c1-17-12(9-14)15-16-13(17)19-8-7-11(18)10-5-3-2-4-6-10/h2-6,11,18H,7-9,14H2,1H3/t11-/m1/s1. The Balaban J connectivity index is 1.85. The first-order valence-corrected chi connectivity index (χ1v) is 7.15. The maximum Gasteiger partial charge on any atom is 0.190 e. The van der Waals surface area contributed by atoms with Gasteiger partial charge >= 0.3 is 0 Å². The van der Waals surface area contributed by atoms with Crippen molar-refractivity contribution in [3.63, 3.8) is 0 Å². The van der Waals surface area contributed by atoms with Gasteiger partial charge in [-0.1, -0.05) is 42.1 Å². The first kappa shape index (κ1) is 14.0. The number of hydrogen-bond donors (Lipinski definition) is 2. The number of aromatic nitrogens is 3. The predicted octanol–water partition coefficient (Wildman–Crippen LogP) is 1.49. The molecule has 1 aromatic heterocycles. The zero-order valence-electron chi connectivity index (χ0n) is 10.9. The number of nitrogens with zero attached hydrogens (tertiary/aromatic N) is 3. The molecular formula is C13H18N4OS. The average Bonchev–Trinajstić information content (AvgIpc) is 2.80. The van der Waals surface area contributed by atoms with Crippen molar-refractivity contribution in [3.8, 4) is 0 Å². The van der Waals surface area contributed by atoms with Gasteiger partial charge in [0.1, 0.15) is 5.82 Å². The molecule has 102 valence electrons. The van der Waals surface area contributed by atoms with Crippen LogP contribution in [0.4, 0.5) is 0 Å². The Morgan fingerprint density at radius 2 is 2.05 bits per heavy atom. The van der Waals surface area contributed by atoms with Crippen molar-refractivity contribution in [1.29, 1.82) is 0 Å². The number of rotatable bonds is 6. The minimum Gasteiger partial charge on any atom is -0.388 e. The van der Waals surface area contributed by atoms with Crippen LogP contribution in [0.5, 0.6) is 0 Å². The number of aliphatic hydroxyl groups is 1. The molecule has 1 aromatic carbocycles. The van der Waals surface area contributed by atoms with Gasteiger partial charge in [0, 0.05) is 12.8 Å². The van der Waals surface area contributed by atoms with Crippen LogP contribution in [0.15, 0.2) is 35.5 Å². The maximum atomic E-state index is 10.0. The van der Waals surface area contributed by atoms with E-state index in [0.29, 0.717) is 13.0 Å². The van der Waals surface area contributed by atoms with Gasteiger partial charge in [-0.25, -0.2) is 0 Å². The molecule has 19 heavy (non-hydrogen) atoms. The summed E-state index contributed by atoms with van der Waals surface area (Å²) in [6.07, 6.45) is 0.246. The highest BCUT2D eigenvalue weighted by molar-refractivity contribution is 7.99. The number of hydrogen-bond acceptors (Lipinski definition) is 5. The molecule has 3 N–H and O–H groups in total. The van der Waals surface area contributed by atoms with Crippen molar-refractivity contribution in [3.05, 3.63) is 41.7 Å². The molecule has 0 aliphatic heterocycles. The zero-order valence-corrected chi connectivity index (χ0v) is 11.7. The third-order valence-electron chi connectivity index (χ3n) is 2.91. The third kappa shape index (κ3) is 3.56. The Kier molecular flexibility index (Phi) is 4.95. The summed E-state index contributed by atoms with van der Waals surface area (Å²) in [5.74, 6) is 1.55. The Labute approximate surface area is 116 Å². The average molecular weight is 278 g/mol. The maximum absolute atomic E-state index is 10.0. The molecule has 1 heterocycles. The van der Waals surface area contributed by atoms with Crippen molar-refractivity contribution < 1.29 is 5.11 Å². The molecule has 0 saturated carbocycles. The summed E-state index contributed by atoms with van der Waals surface area (Å²) >= 11 is 1.58. The zero-order chi connectivity index (χ0) is 13.7. The highest BCUT2D eigenvalue weighted by atomic mass is 32.2. The summed E-state index contributed by atoms with van der Waals surface area (Å²) < 4.78 is 1.89. The van der Waals surface area contributed by atoms with Crippen molar-refractivity contribution in [2.45, 2.75) is 24.2 Å². The predicted molar refractivity (Wildman–Crippen MR) is 75.6 cm³/mol. The summed E-state index contributed by atoms with van der Waals surface area (Å²) in [5, 5.41) is 18.9. The van der Waals surface area contributed by atoms with Gasteiger partial charge in [-0.2, -0.15) is 0 Å². The van der Waals surface area contributed by atoms with Crippen LogP contribution in [0, 0.1) is 0 Å². The van der Waals surface area contributed by atoms with Crippen LogP contribution >= 0.6 is 11.8 Å². The normalized spacial score (nSPS) is 12.6. The highest BCUT2D eigenvalue weighted by Gasteiger charge is 2.10. The van der Waals surface area contributed by atoms with Gasteiger partial charge in [0.15, 0.2) is 5.16 Å². The number of benzene rings is 1. The molecule has 2 rings (SSSR count). The molecule has 0 unspecified atom stereocenters. The van der Waals surface area contributed by atoms with E-state index in [4.69, 9.17) is 5.73 Å². The SMILES string of the molecule is Cn1c(CN)nnc1SCC[C@@H](O)c1ccccc1. The number of nitrogens with two attached hydrogens (primary N) is 1. The first-order valence-electron chi connectivity index (χ1n) is 6.16. The minimum absolute atomic E-state index is 0.386. The van der Waals surface area contributed by atoms with Gasteiger partial charge in [-0.15, -0.1) is 10.2 Å². The van der Waals surface area contributed by atoms with Crippen LogP contribution in [0.25, 0.3) is 0 Å². The van der Waals surface area contributed by atoms with E-state index in [0.717, 1.165) is 22.3 Å². The van der Waals surface area contributed by atoms with E-state index >= 15 is 0 Å². The number of thioether (sulfide) groups is 1. The third-order valence-corrected chi connectivity index (χ3v) is 3.97. The molecule has 0 radical (unpaired) electrons. The van der Waals surface area contributed by atoms with Gasteiger partial charge in [0.2, 0.25) is 0 Å². The molecule has 2 aromatic rings. The highest BCUT2D eigenvalue weighted by Crippen LogP contribution is 2.22. The lowest BCUT2D eigenvalue weighted by atomic mass is 10.1. The molecule has 1 atom stereocenters. The van der Waals surface area contributed by atoms with E-state index in [1.807, 2.05) is 41.9 Å². The van der Waals surface area contributed by atoms with Crippen molar-refractivity contribution >= 4 is 11.8 Å². The van der Waals surface area contributed by atoms with Gasteiger partial charge in [-0.05, 0) is 12.0 Å². The van der Waals surface area contributed by atoms with E-state index in [2.05, 4.69) is 10.2 Å². The second-order valence-corrected chi connectivity index (χ2v) is 5.29. The van der Waals surface area contributed by atoms with Crippen LogP contribution in [0.1, 0.15) is 23.9 Å². The van der Waals surface area contributed by atoms with Gasteiger partial charge in [0.05, 0.1) is 12.6 Å². The van der Waals surface area contributed by atoms with E-state index in [-0.39, 0.29) is 0 Å². The van der Waals surface area contributed by atoms with Gasteiger partial charge in [0.25, 0.3) is 0 Å². The molecule has 0 amide bonds. The molecular weight excluding hydrogens is 260 g/mol. The van der Waals surface area contributed by atoms with E-state index in [1.165, 1.54) is 0 Å². The fourth-order valence-electron chi connectivity index (χ4n) is 1.75. The lowest BCUT2D eigenvalue weighted by molar-refractivity contribution is 0.175. The van der Waals surface area contributed by atoms with Crippen molar-refractivity contribution in [2.75, 3.05) is 5.75 Å². The van der Waals surface area contributed by atoms with Crippen LogP contribution < -0.4 is 5.73 Å². The van der Waals surface area contributed by atoms with E-state index in [9.17, 15) is 5.11 Å². The topological polar surface area (TPSA) is 77.0 Å². The largest absolute Gasteiger partial charge is 0.388 e. The smallest absolute Gasteiger partial charge is 0.190 e. The fraction of sp³-hybridized carbons (Fsp3) is 0.385. The Morgan fingerprint density at radius 1 is 1.32 bits per heavy atom. The minimum atomic E-state index is -0.434. The van der Waals surface area contributed by atoms with Gasteiger partial charge in [-0.3, -0.25) is 0 Å². The Hall–Kier alpha value is -1.37. The molecule has 0 aliphatic rings. The molecule has 0 saturated heterocycles. The summed E-state index contributed by atoms with van der Waals surface area (Å²) in [6, 6.07) is 9.68. The summed E-state index contributed by atoms with van der Waals surface area (Å²) in [7, 11) is 1.90. The van der Waals surface area contributed by atoms with Crippen LogP contribution in [-0.4, -0.2) is 25.6 Å². The molecule has 6 heteroatoms. The monoisotopic (exact) mass is 278 g/mol. The summed E-state index contributed by atoms with van der Waals surface area (Å²) in [5.41, 5.74) is 6.49. The van der Waals surface area contributed by atoms with E-state index in [1.54, 1.807) is 11.8 Å². The van der Waals surface area contributed by atoms with Crippen LogP contribution in [0.3, 0.4) is 0 Å². The summed E-state index contributed by atoms with van der Waals surface area (Å²) in [4.78, 5) is 0. The van der Waals surface area contributed by atoms with Crippen molar-refractivity contribution in [2.24, 2.45) is 12.8 Å². The van der Waals surface area contributed by atoms with Gasteiger partial charge < -0.3 is 15.4 Å². The van der Waals surface area contributed by atoms with Crippen LogP contribution in [-0.2, 0) is 13.6 Å².